The van der Waals surface area contributed by atoms with E-state index in [1.807, 2.05) is 0 Å². The summed E-state index contributed by atoms with van der Waals surface area (Å²) in [4.78, 5) is 35.8. The minimum Gasteiger partial charge on any atom is -0.494 e. The molecule has 0 amide bonds. The molecule has 4 aromatic carbocycles. The van der Waals surface area contributed by atoms with Gasteiger partial charge in [-0.2, -0.15) is 13.2 Å². The molecule has 0 atom stereocenters. The first-order valence-corrected chi connectivity index (χ1v) is 14.3. The lowest BCUT2D eigenvalue weighted by atomic mass is 9.95. The average molecular weight is 649 g/mol. The Bertz CT molecular complexity index is 1720. The van der Waals surface area contributed by atoms with Gasteiger partial charge in [0.15, 0.2) is 0 Å². The Morgan fingerprint density at radius 1 is 0.766 bits per heavy atom. The van der Waals surface area contributed by atoms with Gasteiger partial charge >= 0.3 is 18.1 Å². The van der Waals surface area contributed by atoms with Crippen molar-refractivity contribution in [2.24, 2.45) is 0 Å². The van der Waals surface area contributed by atoms with Crippen molar-refractivity contribution in [3.8, 4) is 22.6 Å². The van der Waals surface area contributed by atoms with Crippen LogP contribution in [0.15, 0.2) is 91.0 Å². The van der Waals surface area contributed by atoms with Crippen molar-refractivity contribution in [1.82, 2.24) is 0 Å². The van der Waals surface area contributed by atoms with Crippen molar-refractivity contribution < 1.29 is 46.5 Å². The number of halogens is 3. The van der Waals surface area contributed by atoms with Crippen LogP contribution in [0.2, 0.25) is 0 Å². The van der Waals surface area contributed by atoms with Crippen LogP contribution in [0.1, 0.15) is 39.9 Å². The van der Waals surface area contributed by atoms with E-state index in [1.54, 1.807) is 60.7 Å². The summed E-state index contributed by atoms with van der Waals surface area (Å²) in [5.74, 6) is -0.645. The Labute approximate surface area is 268 Å². The molecule has 0 spiro atoms. The van der Waals surface area contributed by atoms with E-state index in [0.29, 0.717) is 40.3 Å². The molecule has 0 unspecified atom stereocenters. The first-order chi connectivity index (χ1) is 22.5. The van der Waals surface area contributed by atoms with Gasteiger partial charge in [0.05, 0.1) is 12.2 Å². The second-order valence-corrected chi connectivity index (χ2v) is 10.2. The summed E-state index contributed by atoms with van der Waals surface area (Å²) >= 11 is 0. The smallest absolute Gasteiger partial charge is 0.389 e. The highest BCUT2D eigenvalue weighted by molar-refractivity contribution is 5.91. The van der Waals surface area contributed by atoms with Crippen molar-refractivity contribution in [2.75, 3.05) is 18.1 Å². The molecule has 0 bridgehead atoms. The van der Waals surface area contributed by atoms with Gasteiger partial charge in [0, 0.05) is 23.9 Å². The SMILES string of the molecule is Nc1ccc(-c2ccc(N)cc2COC(=O)/C=C/c2ccc(OC(=O)c3ccc(OCCCC(F)(F)F)cc3)cc2)c(COC=O)c1. The van der Waals surface area contributed by atoms with Gasteiger partial charge in [-0.05, 0) is 101 Å². The van der Waals surface area contributed by atoms with Crippen molar-refractivity contribution in [3.05, 3.63) is 113 Å². The Kier molecular flexibility index (Phi) is 11.6. The first-order valence-electron chi connectivity index (χ1n) is 14.3. The quantitative estimate of drug-likeness (QED) is 0.0374. The van der Waals surface area contributed by atoms with E-state index in [9.17, 15) is 27.6 Å². The zero-order chi connectivity index (χ0) is 33.8. The van der Waals surface area contributed by atoms with Crippen molar-refractivity contribution in [2.45, 2.75) is 32.2 Å². The second kappa shape index (κ2) is 16.0. The van der Waals surface area contributed by atoms with Crippen LogP contribution in [0.3, 0.4) is 0 Å². The molecule has 0 saturated carbocycles. The monoisotopic (exact) mass is 648 g/mol. The highest BCUT2D eigenvalue weighted by Gasteiger charge is 2.26. The van der Waals surface area contributed by atoms with Crippen molar-refractivity contribution in [1.29, 1.82) is 0 Å². The molecule has 0 fully saturated rings. The number of nitrogen functional groups attached to an aromatic ring is 2. The number of alkyl halides is 3. The molecule has 0 radical (unpaired) electrons. The molecule has 47 heavy (non-hydrogen) atoms. The first kappa shape index (κ1) is 34.1. The third-order valence-corrected chi connectivity index (χ3v) is 6.69. The maximum atomic E-state index is 12.5. The summed E-state index contributed by atoms with van der Waals surface area (Å²) in [7, 11) is 0. The number of rotatable bonds is 14. The summed E-state index contributed by atoms with van der Waals surface area (Å²) in [6.07, 6.45) is -2.54. The van der Waals surface area contributed by atoms with Gasteiger partial charge in [0.1, 0.15) is 24.7 Å². The molecule has 4 N–H and O–H groups in total. The molecule has 0 saturated heterocycles. The van der Waals surface area contributed by atoms with E-state index < -0.39 is 24.5 Å². The number of carbonyl (C=O) groups excluding carboxylic acids is 3. The van der Waals surface area contributed by atoms with E-state index in [2.05, 4.69) is 0 Å². The molecule has 9 nitrogen and oxygen atoms in total. The molecule has 0 heterocycles. The summed E-state index contributed by atoms with van der Waals surface area (Å²) in [5.41, 5.74) is 16.5. The third-order valence-electron chi connectivity index (χ3n) is 6.69. The van der Waals surface area contributed by atoms with Crippen LogP contribution in [0.5, 0.6) is 11.5 Å². The van der Waals surface area contributed by atoms with Gasteiger partial charge in [0.25, 0.3) is 6.47 Å². The summed E-state index contributed by atoms with van der Waals surface area (Å²) in [5, 5.41) is 0. The Balaban J connectivity index is 1.31. The zero-order valence-corrected chi connectivity index (χ0v) is 25.0. The maximum Gasteiger partial charge on any atom is 0.389 e. The average Bonchev–Trinajstić information content (AvgIpc) is 3.04. The van der Waals surface area contributed by atoms with E-state index >= 15 is 0 Å². The van der Waals surface area contributed by atoms with Crippen LogP contribution in [0.4, 0.5) is 24.5 Å². The number of benzene rings is 4. The topological polar surface area (TPSA) is 140 Å². The summed E-state index contributed by atoms with van der Waals surface area (Å²) in [6, 6.07) is 22.6. The van der Waals surface area contributed by atoms with Gasteiger partial charge in [0.2, 0.25) is 0 Å². The summed E-state index contributed by atoms with van der Waals surface area (Å²) < 4.78 is 57.8. The van der Waals surface area contributed by atoms with Gasteiger partial charge in [-0.3, -0.25) is 4.79 Å². The van der Waals surface area contributed by atoms with E-state index in [4.69, 9.17) is 30.4 Å². The van der Waals surface area contributed by atoms with E-state index in [1.165, 1.54) is 36.4 Å². The van der Waals surface area contributed by atoms with Gasteiger partial charge < -0.3 is 30.4 Å². The lowest BCUT2D eigenvalue weighted by molar-refractivity contribution is -0.139. The second-order valence-electron chi connectivity index (χ2n) is 10.2. The van der Waals surface area contributed by atoms with Gasteiger partial charge in [-0.25, -0.2) is 9.59 Å². The number of hydrogen-bond acceptors (Lipinski definition) is 9. The molecule has 0 aliphatic heterocycles. The number of carbonyl (C=O) groups is 3. The standard InChI is InChI=1S/C35H31F3N2O7/c36-35(37,38)16-1-17-45-29-11-5-24(6-12-29)34(43)47-30-9-2-23(3-10-30)4-15-33(42)46-21-26-19-28(40)8-14-32(26)31-13-7-27(39)18-25(31)20-44-22-41/h2-15,18-19,22H,1,16-17,20-21,39-40H2/b15-4+. The molecule has 12 heteroatoms. The predicted molar refractivity (Wildman–Crippen MR) is 169 cm³/mol. The van der Waals surface area contributed by atoms with Gasteiger partial charge in [-0.1, -0.05) is 24.3 Å². The van der Waals surface area contributed by atoms with Crippen LogP contribution in [0.25, 0.3) is 17.2 Å². The molecule has 4 rings (SSSR count). The van der Waals surface area contributed by atoms with Crippen LogP contribution >= 0.6 is 0 Å². The van der Waals surface area contributed by atoms with Crippen LogP contribution in [-0.2, 0) is 32.3 Å². The highest BCUT2D eigenvalue weighted by atomic mass is 19.4. The number of anilines is 2. The number of ether oxygens (including phenoxy) is 4. The predicted octanol–water partition coefficient (Wildman–Crippen LogP) is 6.89. The summed E-state index contributed by atoms with van der Waals surface area (Å²) in [6.45, 7) is 0.177. The minimum absolute atomic E-state index is 0.00998. The van der Waals surface area contributed by atoms with Gasteiger partial charge in [-0.15, -0.1) is 0 Å². The maximum absolute atomic E-state index is 12.5. The van der Waals surface area contributed by atoms with E-state index in [0.717, 1.165) is 11.1 Å². The molecular weight excluding hydrogens is 617 g/mol. The fourth-order valence-electron chi connectivity index (χ4n) is 4.44. The Morgan fingerprint density at radius 2 is 1.36 bits per heavy atom. The fraction of sp³-hybridized carbons (Fsp3) is 0.171. The molecule has 0 aliphatic rings. The normalized spacial score (nSPS) is 11.2. The number of hydrogen-bond donors (Lipinski definition) is 2. The molecular formula is C35H31F3N2O7. The minimum atomic E-state index is -4.23. The Hall–Kier alpha value is -5.78. The molecule has 0 aliphatic carbocycles. The van der Waals surface area contributed by atoms with Crippen molar-refractivity contribution in [3.63, 3.8) is 0 Å². The highest BCUT2D eigenvalue weighted by Crippen LogP contribution is 2.31. The Morgan fingerprint density at radius 3 is 1.96 bits per heavy atom. The lowest BCUT2D eigenvalue weighted by Crippen LogP contribution is -2.10. The van der Waals surface area contributed by atoms with Crippen LogP contribution < -0.4 is 20.9 Å². The van der Waals surface area contributed by atoms with E-state index in [-0.39, 0.29) is 37.6 Å². The van der Waals surface area contributed by atoms with Crippen molar-refractivity contribution >= 4 is 35.9 Å². The third kappa shape index (κ3) is 10.7. The molecule has 244 valence electrons. The molecule has 4 aromatic rings. The fourth-order valence-corrected chi connectivity index (χ4v) is 4.44. The number of esters is 2. The van der Waals surface area contributed by atoms with Crippen LogP contribution in [0, 0.1) is 0 Å². The lowest BCUT2D eigenvalue weighted by Gasteiger charge is -2.15. The largest absolute Gasteiger partial charge is 0.494 e. The van der Waals surface area contributed by atoms with Crippen LogP contribution in [-0.4, -0.2) is 31.2 Å². The zero-order valence-electron chi connectivity index (χ0n) is 25.0. The number of nitrogens with two attached hydrogens (primary N) is 2. The molecule has 0 aromatic heterocycles.